The number of hydrogen-bond acceptors (Lipinski definition) is 4. The fourth-order valence-electron chi connectivity index (χ4n) is 1.83. The molecular formula is C11H18N4O2. The van der Waals surface area contributed by atoms with Crippen LogP contribution < -0.4 is 5.73 Å². The highest BCUT2D eigenvalue weighted by Gasteiger charge is 2.34. The van der Waals surface area contributed by atoms with Gasteiger partial charge in [0.25, 0.3) is 5.91 Å². The summed E-state index contributed by atoms with van der Waals surface area (Å²) < 4.78 is 6.58. The number of nitrogens with two attached hydrogens (primary N) is 1. The predicted molar refractivity (Wildman–Crippen MR) is 63.6 cm³/mol. The Morgan fingerprint density at radius 2 is 2.41 bits per heavy atom. The van der Waals surface area contributed by atoms with Gasteiger partial charge in [0.1, 0.15) is 0 Å². The summed E-state index contributed by atoms with van der Waals surface area (Å²) in [5.74, 6) is -0.0948. The Hall–Kier alpha value is -1.56. The van der Waals surface area contributed by atoms with E-state index in [2.05, 4.69) is 5.10 Å². The molecular weight excluding hydrogens is 220 g/mol. The standard InChI is InChI=1S/C11H18N4O2/c1-14-7-9(12)10(13-14)11(16)15(5-6-17-2)8-3-4-8/h7-8H,3-6,12H2,1-2H3. The van der Waals surface area contributed by atoms with Gasteiger partial charge < -0.3 is 15.4 Å². The van der Waals surface area contributed by atoms with Crippen LogP contribution >= 0.6 is 0 Å². The van der Waals surface area contributed by atoms with E-state index in [1.165, 1.54) is 0 Å². The molecule has 0 spiro atoms. The Bertz CT molecular complexity index is 412. The van der Waals surface area contributed by atoms with Crippen molar-refractivity contribution in [3.8, 4) is 0 Å². The highest BCUT2D eigenvalue weighted by atomic mass is 16.5. The summed E-state index contributed by atoms with van der Waals surface area (Å²) in [5.41, 5.74) is 6.54. The first-order chi connectivity index (χ1) is 8.13. The Morgan fingerprint density at radius 3 is 2.88 bits per heavy atom. The first-order valence-corrected chi connectivity index (χ1v) is 5.72. The van der Waals surface area contributed by atoms with Gasteiger partial charge in [-0.1, -0.05) is 0 Å². The van der Waals surface area contributed by atoms with Gasteiger partial charge in [-0.25, -0.2) is 0 Å². The lowest BCUT2D eigenvalue weighted by Gasteiger charge is -2.21. The van der Waals surface area contributed by atoms with Crippen LogP contribution in [0.25, 0.3) is 0 Å². The zero-order valence-electron chi connectivity index (χ0n) is 10.2. The molecule has 1 saturated carbocycles. The second kappa shape index (κ2) is 4.75. The maximum absolute atomic E-state index is 12.3. The van der Waals surface area contributed by atoms with Crippen molar-refractivity contribution in [2.24, 2.45) is 7.05 Å². The van der Waals surface area contributed by atoms with E-state index in [1.807, 2.05) is 4.90 Å². The van der Waals surface area contributed by atoms with Crippen molar-refractivity contribution in [1.29, 1.82) is 0 Å². The van der Waals surface area contributed by atoms with Crippen LogP contribution in [0.15, 0.2) is 6.20 Å². The fraction of sp³-hybridized carbons (Fsp3) is 0.636. The Morgan fingerprint density at radius 1 is 1.71 bits per heavy atom. The zero-order chi connectivity index (χ0) is 12.4. The number of amides is 1. The molecule has 94 valence electrons. The molecule has 0 aliphatic heterocycles. The van der Waals surface area contributed by atoms with Crippen LogP contribution in [0.2, 0.25) is 0 Å². The molecule has 1 heterocycles. The zero-order valence-corrected chi connectivity index (χ0v) is 10.2. The maximum atomic E-state index is 12.3. The van der Waals surface area contributed by atoms with E-state index in [0.717, 1.165) is 12.8 Å². The molecule has 6 nitrogen and oxygen atoms in total. The molecule has 2 rings (SSSR count). The minimum absolute atomic E-state index is 0.0948. The van der Waals surface area contributed by atoms with Gasteiger partial charge in [0.2, 0.25) is 0 Å². The summed E-state index contributed by atoms with van der Waals surface area (Å²) in [4.78, 5) is 14.1. The molecule has 0 bridgehead atoms. The number of nitrogens with zero attached hydrogens (tertiary/aromatic N) is 3. The third-order valence-corrected chi connectivity index (χ3v) is 2.84. The van der Waals surface area contributed by atoms with Crippen molar-refractivity contribution in [3.05, 3.63) is 11.9 Å². The van der Waals surface area contributed by atoms with Crippen LogP contribution in [0.4, 0.5) is 5.69 Å². The molecule has 1 fully saturated rings. The average Bonchev–Trinajstić information content (AvgIpc) is 3.05. The molecule has 0 radical (unpaired) electrons. The number of methoxy groups -OCH3 is 1. The largest absolute Gasteiger partial charge is 0.396 e. The van der Waals surface area contributed by atoms with Gasteiger partial charge in [0.15, 0.2) is 5.69 Å². The van der Waals surface area contributed by atoms with E-state index in [9.17, 15) is 4.79 Å². The Kier molecular flexibility index (Phi) is 3.33. The second-order valence-corrected chi connectivity index (χ2v) is 4.33. The lowest BCUT2D eigenvalue weighted by atomic mass is 10.3. The van der Waals surface area contributed by atoms with E-state index in [-0.39, 0.29) is 5.91 Å². The molecule has 0 aromatic carbocycles. The monoisotopic (exact) mass is 238 g/mol. The van der Waals surface area contributed by atoms with E-state index >= 15 is 0 Å². The van der Waals surface area contributed by atoms with Gasteiger partial charge in [-0.2, -0.15) is 5.10 Å². The van der Waals surface area contributed by atoms with Crippen molar-refractivity contribution in [1.82, 2.24) is 14.7 Å². The number of hydrogen-bond donors (Lipinski definition) is 1. The summed E-state index contributed by atoms with van der Waals surface area (Å²) in [6.45, 7) is 1.13. The van der Waals surface area contributed by atoms with Crippen molar-refractivity contribution in [2.75, 3.05) is 26.0 Å². The topological polar surface area (TPSA) is 73.4 Å². The van der Waals surface area contributed by atoms with Crippen LogP contribution in [0.5, 0.6) is 0 Å². The third kappa shape index (κ3) is 2.58. The summed E-state index contributed by atoms with van der Waals surface area (Å²) in [7, 11) is 3.38. The van der Waals surface area contributed by atoms with Crippen LogP contribution in [0.1, 0.15) is 23.3 Å². The number of anilines is 1. The molecule has 0 saturated heterocycles. The minimum Gasteiger partial charge on any atom is -0.396 e. The highest BCUT2D eigenvalue weighted by molar-refractivity contribution is 5.97. The first kappa shape index (κ1) is 11.9. The molecule has 1 amide bonds. The van der Waals surface area contributed by atoms with Gasteiger partial charge in [0, 0.05) is 32.9 Å². The SMILES string of the molecule is COCCN(C(=O)c1nn(C)cc1N)C1CC1. The summed E-state index contributed by atoms with van der Waals surface area (Å²) >= 11 is 0. The molecule has 1 aliphatic rings. The average molecular weight is 238 g/mol. The number of aryl methyl sites for hydroxylation is 1. The number of carbonyl (C=O) groups is 1. The van der Waals surface area contributed by atoms with Crippen molar-refractivity contribution >= 4 is 11.6 Å². The summed E-state index contributed by atoms with van der Waals surface area (Å²) in [6.07, 6.45) is 3.76. The molecule has 2 N–H and O–H groups in total. The Balaban J connectivity index is 2.12. The molecule has 6 heteroatoms. The minimum atomic E-state index is -0.0948. The molecule has 0 unspecified atom stereocenters. The number of rotatable bonds is 5. The summed E-state index contributed by atoms with van der Waals surface area (Å²) in [5, 5.41) is 4.11. The number of aromatic nitrogens is 2. The number of nitrogen functional groups attached to an aromatic ring is 1. The number of carbonyl (C=O) groups excluding carboxylic acids is 1. The van der Waals surface area contributed by atoms with E-state index in [4.69, 9.17) is 10.5 Å². The highest BCUT2D eigenvalue weighted by Crippen LogP contribution is 2.28. The van der Waals surface area contributed by atoms with Gasteiger partial charge >= 0.3 is 0 Å². The Labute approximate surface area is 100 Å². The smallest absolute Gasteiger partial charge is 0.276 e. The van der Waals surface area contributed by atoms with Gasteiger partial charge in [-0.15, -0.1) is 0 Å². The maximum Gasteiger partial charge on any atom is 0.276 e. The molecule has 1 aromatic heterocycles. The van der Waals surface area contributed by atoms with Gasteiger partial charge in [0.05, 0.1) is 12.3 Å². The lowest BCUT2D eigenvalue weighted by Crippen LogP contribution is -2.36. The van der Waals surface area contributed by atoms with Crippen LogP contribution in [-0.2, 0) is 11.8 Å². The second-order valence-electron chi connectivity index (χ2n) is 4.33. The molecule has 1 aliphatic carbocycles. The normalized spacial score (nSPS) is 14.9. The van der Waals surface area contributed by atoms with Crippen molar-refractivity contribution in [2.45, 2.75) is 18.9 Å². The number of ether oxygens (including phenoxy) is 1. The van der Waals surface area contributed by atoms with Gasteiger partial charge in [-0.05, 0) is 12.8 Å². The molecule has 0 atom stereocenters. The quantitative estimate of drug-likeness (QED) is 0.798. The van der Waals surface area contributed by atoms with Crippen LogP contribution in [0.3, 0.4) is 0 Å². The van der Waals surface area contributed by atoms with Crippen molar-refractivity contribution in [3.63, 3.8) is 0 Å². The van der Waals surface area contributed by atoms with Gasteiger partial charge in [-0.3, -0.25) is 9.48 Å². The van der Waals surface area contributed by atoms with Crippen LogP contribution in [-0.4, -0.2) is 46.9 Å². The van der Waals surface area contributed by atoms with E-state index < -0.39 is 0 Å². The molecule has 17 heavy (non-hydrogen) atoms. The molecule has 1 aromatic rings. The van der Waals surface area contributed by atoms with E-state index in [1.54, 1.807) is 25.0 Å². The van der Waals surface area contributed by atoms with Crippen LogP contribution in [0, 0.1) is 0 Å². The lowest BCUT2D eigenvalue weighted by molar-refractivity contribution is 0.0674. The fourth-order valence-corrected chi connectivity index (χ4v) is 1.83. The summed E-state index contributed by atoms with van der Waals surface area (Å²) in [6, 6.07) is 0.332. The first-order valence-electron chi connectivity index (χ1n) is 5.72. The third-order valence-electron chi connectivity index (χ3n) is 2.84. The van der Waals surface area contributed by atoms with Crippen molar-refractivity contribution < 1.29 is 9.53 Å². The predicted octanol–water partition coefficient (Wildman–Crippen LogP) is 0.253. The van der Waals surface area contributed by atoms with E-state index in [0.29, 0.717) is 30.6 Å².